The molecule has 1 aromatic carbocycles. The summed E-state index contributed by atoms with van der Waals surface area (Å²) in [4.78, 5) is 0.292. The fraction of sp³-hybridized carbons (Fsp3) is 0.538. The molecule has 0 heterocycles. The first kappa shape index (κ1) is 15.9. The van der Waals surface area contributed by atoms with E-state index in [1.165, 1.54) is 0 Å². The number of hydrogen-bond acceptors (Lipinski definition) is 4. The second kappa shape index (κ2) is 8.14. The van der Waals surface area contributed by atoms with Gasteiger partial charge in [0.15, 0.2) is 0 Å². The zero-order valence-corrected chi connectivity index (χ0v) is 12.3. The van der Waals surface area contributed by atoms with Crippen LogP contribution in [0.2, 0.25) is 0 Å². The number of methoxy groups -OCH3 is 1. The molecular formula is C13H22N2O3S. The highest BCUT2D eigenvalue weighted by Gasteiger charge is 2.17. The molecule has 0 saturated carbocycles. The number of rotatable bonds is 9. The fourth-order valence-electron chi connectivity index (χ4n) is 1.61. The largest absolute Gasteiger partial charge is 0.385 e. The van der Waals surface area contributed by atoms with Crippen LogP contribution in [0.4, 0.5) is 5.69 Å². The van der Waals surface area contributed by atoms with Gasteiger partial charge in [-0.2, -0.15) is 0 Å². The maximum absolute atomic E-state index is 12.2. The summed E-state index contributed by atoms with van der Waals surface area (Å²) >= 11 is 0. The van der Waals surface area contributed by atoms with Crippen molar-refractivity contribution in [1.82, 2.24) is 4.72 Å². The van der Waals surface area contributed by atoms with Gasteiger partial charge in [-0.15, -0.1) is 0 Å². The molecule has 0 radical (unpaired) electrons. The number of nitrogens with one attached hydrogen (secondary N) is 2. The highest BCUT2D eigenvalue weighted by molar-refractivity contribution is 7.89. The Morgan fingerprint density at radius 1 is 1.21 bits per heavy atom. The molecule has 0 aliphatic heterocycles. The van der Waals surface area contributed by atoms with Crippen molar-refractivity contribution in [2.75, 3.05) is 32.1 Å². The molecule has 6 heteroatoms. The minimum Gasteiger partial charge on any atom is -0.385 e. The van der Waals surface area contributed by atoms with E-state index < -0.39 is 10.0 Å². The van der Waals surface area contributed by atoms with E-state index >= 15 is 0 Å². The summed E-state index contributed by atoms with van der Waals surface area (Å²) in [6.07, 6.45) is 1.59. The molecule has 0 spiro atoms. The summed E-state index contributed by atoms with van der Waals surface area (Å²) in [5, 5.41) is 3.13. The van der Waals surface area contributed by atoms with Crippen LogP contribution in [-0.2, 0) is 14.8 Å². The first-order valence-corrected chi connectivity index (χ1v) is 7.91. The Hall–Kier alpha value is -1.11. The summed E-state index contributed by atoms with van der Waals surface area (Å²) < 4.78 is 31.8. The molecule has 0 aliphatic carbocycles. The molecule has 5 nitrogen and oxygen atoms in total. The summed E-state index contributed by atoms with van der Waals surface area (Å²) in [6, 6.07) is 6.93. The molecule has 1 aromatic rings. The van der Waals surface area contributed by atoms with Crippen molar-refractivity contribution < 1.29 is 13.2 Å². The lowest BCUT2D eigenvalue weighted by molar-refractivity contribution is 0.196. The SMILES string of the molecule is CCCNc1ccccc1S(=O)(=O)NCCCOC. The monoisotopic (exact) mass is 286 g/mol. The lowest BCUT2D eigenvalue weighted by Gasteiger charge is -2.12. The molecule has 0 amide bonds. The van der Waals surface area contributed by atoms with Crippen molar-refractivity contribution >= 4 is 15.7 Å². The number of ether oxygens (including phenoxy) is 1. The maximum atomic E-state index is 12.2. The number of para-hydroxylation sites is 1. The van der Waals surface area contributed by atoms with Crippen LogP contribution in [0.1, 0.15) is 19.8 Å². The second-order valence-electron chi connectivity index (χ2n) is 4.17. The third-order valence-corrected chi connectivity index (χ3v) is 4.08. The summed E-state index contributed by atoms with van der Waals surface area (Å²) in [7, 11) is -1.87. The van der Waals surface area contributed by atoms with E-state index in [1.807, 2.05) is 13.0 Å². The van der Waals surface area contributed by atoms with Gasteiger partial charge < -0.3 is 10.1 Å². The molecule has 19 heavy (non-hydrogen) atoms. The Bertz CT molecular complexity index is 475. The molecule has 0 saturated heterocycles. The average molecular weight is 286 g/mol. The number of hydrogen-bond donors (Lipinski definition) is 2. The molecule has 0 aromatic heterocycles. The van der Waals surface area contributed by atoms with Gasteiger partial charge in [-0.3, -0.25) is 0 Å². The molecule has 0 fully saturated rings. The van der Waals surface area contributed by atoms with Crippen LogP contribution in [-0.4, -0.2) is 35.2 Å². The van der Waals surface area contributed by atoms with Crippen molar-refractivity contribution in [3.05, 3.63) is 24.3 Å². The van der Waals surface area contributed by atoms with E-state index in [0.29, 0.717) is 30.2 Å². The van der Waals surface area contributed by atoms with Crippen LogP contribution in [0.3, 0.4) is 0 Å². The highest BCUT2D eigenvalue weighted by atomic mass is 32.2. The van der Waals surface area contributed by atoms with Crippen molar-refractivity contribution in [2.45, 2.75) is 24.7 Å². The lowest BCUT2D eigenvalue weighted by atomic mass is 10.3. The van der Waals surface area contributed by atoms with E-state index in [9.17, 15) is 8.42 Å². The minimum atomic E-state index is -3.47. The first-order valence-electron chi connectivity index (χ1n) is 6.43. The van der Waals surface area contributed by atoms with Gasteiger partial charge in [0.25, 0.3) is 0 Å². The Kier molecular flexibility index (Phi) is 6.83. The van der Waals surface area contributed by atoms with Crippen LogP contribution in [0.15, 0.2) is 29.2 Å². The zero-order valence-electron chi connectivity index (χ0n) is 11.5. The predicted molar refractivity (Wildman–Crippen MR) is 76.9 cm³/mol. The van der Waals surface area contributed by atoms with E-state index in [-0.39, 0.29) is 0 Å². The van der Waals surface area contributed by atoms with Gasteiger partial charge in [-0.1, -0.05) is 19.1 Å². The van der Waals surface area contributed by atoms with E-state index in [2.05, 4.69) is 10.0 Å². The average Bonchev–Trinajstić information content (AvgIpc) is 2.41. The number of anilines is 1. The van der Waals surface area contributed by atoms with E-state index in [4.69, 9.17) is 4.74 Å². The first-order chi connectivity index (χ1) is 9.11. The number of sulfonamides is 1. The van der Waals surface area contributed by atoms with Gasteiger partial charge in [0.1, 0.15) is 4.90 Å². The standard InChI is InChI=1S/C13H22N2O3S/c1-3-9-14-12-7-4-5-8-13(12)19(16,17)15-10-6-11-18-2/h4-5,7-8,14-15H,3,6,9-11H2,1-2H3. The van der Waals surface area contributed by atoms with Crippen LogP contribution >= 0.6 is 0 Å². The third-order valence-electron chi connectivity index (χ3n) is 2.56. The van der Waals surface area contributed by atoms with Gasteiger partial charge in [-0.05, 0) is 25.0 Å². The minimum absolute atomic E-state index is 0.292. The molecule has 108 valence electrons. The van der Waals surface area contributed by atoms with E-state index in [1.54, 1.807) is 25.3 Å². The number of benzene rings is 1. The van der Waals surface area contributed by atoms with Crippen LogP contribution in [0.25, 0.3) is 0 Å². The Balaban J connectivity index is 2.76. The normalized spacial score (nSPS) is 11.5. The molecule has 0 atom stereocenters. The van der Waals surface area contributed by atoms with Gasteiger partial charge in [0, 0.05) is 26.8 Å². The molecule has 2 N–H and O–H groups in total. The van der Waals surface area contributed by atoms with Gasteiger partial charge in [0.2, 0.25) is 10.0 Å². The van der Waals surface area contributed by atoms with Crippen molar-refractivity contribution in [3.63, 3.8) is 0 Å². The van der Waals surface area contributed by atoms with E-state index in [0.717, 1.165) is 13.0 Å². The van der Waals surface area contributed by atoms with Gasteiger partial charge in [0.05, 0.1) is 5.69 Å². The second-order valence-corrected chi connectivity index (χ2v) is 5.90. The highest BCUT2D eigenvalue weighted by Crippen LogP contribution is 2.20. The van der Waals surface area contributed by atoms with Crippen LogP contribution in [0, 0.1) is 0 Å². The lowest BCUT2D eigenvalue weighted by Crippen LogP contribution is -2.26. The van der Waals surface area contributed by atoms with Crippen molar-refractivity contribution in [1.29, 1.82) is 0 Å². The fourth-order valence-corrected chi connectivity index (χ4v) is 2.86. The van der Waals surface area contributed by atoms with Crippen molar-refractivity contribution in [3.8, 4) is 0 Å². The molecule has 0 aliphatic rings. The van der Waals surface area contributed by atoms with Crippen molar-refractivity contribution in [2.24, 2.45) is 0 Å². The van der Waals surface area contributed by atoms with Gasteiger partial charge >= 0.3 is 0 Å². The summed E-state index contributed by atoms with van der Waals surface area (Å²) in [6.45, 7) is 3.69. The topological polar surface area (TPSA) is 67.4 Å². The molecular weight excluding hydrogens is 264 g/mol. The maximum Gasteiger partial charge on any atom is 0.242 e. The Morgan fingerprint density at radius 2 is 1.95 bits per heavy atom. The Morgan fingerprint density at radius 3 is 2.63 bits per heavy atom. The van der Waals surface area contributed by atoms with Crippen LogP contribution < -0.4 is 10.0 Å². The molecule has 1 rings (SSSR count). The zero-order chi connectivity index (χ0) is 14.1. The smallest absolute Gasteiger partial charge is 0.242 e. The van der Waals surface area contributed by atoms with Crippen LogP contribution in [0.5, 0.6) is 0 Å². The predicted octanol–water partition coefficient (Wildman–Crippen LogP) is 1.82. The van der Waals surface area contributed by atoms with Gasteiger partial charge in [-0.25, -0.2) is 13.1 Å². The molecule has 0 unspecified atom stereocenters. The third kappa shape index (κ3) is 5.18. The summed E-state index contributed by atoms with van der Waals surface area (Å²) in [5.41, 5.74) is 0.642. The Labute approximate surface area is 115 Å². The molecule has 0 bridgehead atoms. The summed E-state index contributed by atoms with van der Waals surface area (Å²) in [5.74, 6) is 0. The quantitative estimate of drug-likeness (QED) is 0.680.